The molecule has 0 aromatic carbocycles. The molecule has 0 fully saturated rings. The Hall–Kier alpha value is -2.81. The molecule has 0 saturated carbocycles. The number of carboxylic acids is 2. The summed E-state index contributed by atoms with van der Waals surface area (Å²) in [6.07, 6.45) is -0.731. The number of amides is 3. The summed E-state index contributed by atoms with van der Waals surface area (Å²) in [7, 11) is 0. The number of aliphatic hydroxyl groups is 3. The van der Waals surface area contributed by atoms with E-state index in [2.05, 4.69) is 0 Å². The van der Waals surface area contributed by atoms with Crippen molar-refractivity contribution in [3.8, 4) is 0 Å². The van der Waals surface area contributed by atoms with Crippen molar-refractivity contribution in [1.29, 1.82) is 0 Å². The van der Waals surface area contributed by atoms with E-state index >= 15 is 0 Å². The van der Waals surface area contributed by atoms with Gasteiger partial charge in [-0.05, 0) is 0 Å². The number of nitrogens with one attached hydrogen (secondary N) is 3. The first-order valence-electron chi connectivity index (χ1n) is 7.51. The molecule has 0 bridgehead atoms. The third-order valence-electron chi connectivity index (χ3n) is 3.16. The maximum absolute atomic E-state index is 12.0. The number of aliphatic carboxylic acids is 2. The SMILES string of the molecule is NC(CC(=O)O)C(=O)NC(CO)C(=O)NC(CO)C(=O)NC(CO)C(=O)O. The van der Waals surface area contributed by atoms with Crippen LogP contribution in [-0.2, 0) is 24.0 Å². The third kappa shape index (κ3) is 8.41. The monoisotopic (exact) mass is 394 g/mol. The van der Waals surface area contributed by atoms with Crippen LogP contribution in [0.5, 0.6) is 0 Å². The number of carboxylic acid groups (broad SMARTS) is 2. The van der Waals surface area contributed by atoms with E-state index in [1.807, 2.05) is 16.0 Å². The molecule has 0 aliphatic carbocycles. The van der Waals surface area contributed by atoms with Crippen LogP contribution in [-0.4, -0.2) is 99.2 Å². The number of aliphatic hydroxyl groups excluding tert-OH is 3. The lowest BCUT2D eigenvalue weighted by Gasteiger charge is -2.22. The lowest BCUT2D eigenvalue weighted by molar-refractivity contribution is -0.143. The lowest BCUT2D eigenvalue weighted by Crippen LogP contribution is -2.59. The molecule has 0 aliphatic heterocycles. The van der Waals surface area contributed by atoms with Gasteiger partial charge in [-0.15, -0.1) is 0 Å². The molecule has 0 heterocycles. The minimum absolute atomic E-state index is 0.731. The van der Waals surface area contributed by atoms with Gasteiger partial charge in [-0.3, -0.25) is 19.2 Å². The molecule has 0 radical (unpaired) electrons. The van der Waals surface area contributed by atoms with Crippen LogP contribution in [0, 0.1) is 0 Å². The molecule has 14 nitrogen and oxygen atoms in total. The molecular formula is C13H22N4O10. The third-order valence-corrected chi connectivity index (χ3v) is 3.16. The van der Waals surface area contributed by atoms with Crippen LogP contribution in [0.1, 0.15) is 6.42 Å². The number of carbonyl (C=O) groups excluding carboxylic acids is 3. The molecule has 0 saturated heterocycles. The number of rotatable bonds is 12. The predicted octanol–water partition coefficient (Wildman–Crippen LogP) is -5.70. The summed E-state index contributed by atoms with van der Waals surface area (Å²) in [5.41, 5.74) is 5.31. The van der Waals surface area contributed by atoms with Gasteiger partial charge in [0.2, 0.25) is 17.7 Å². The molecule has 4 atom stereocenters. The molecule has 0 aromatic rings. The highest BCUT2D eigenvalue weighted by Crippen LogP contribution is 1.94. The van der Waals surface area contributed by atoms with Gasteiger partial charge < -0.3 is 47.2 Å². The van der Waals surface area contributed by atoms with Gasteiger partial charge in [0.15, 0.2) is 0 Å². The number of hydrogen-bond donors (Lipinski definition) is 9. The molecular weight excluding hydrogens is 372 g/mol. The average Bonchev–Trinajstić information content (AvgIpc) is 2.60. The largest absolute Gasteiger partial charge is 0.481 e. The fourth-order valence-corrected chi connectivity index (χ4v) is 1.68. The summed E-state index contributed by atoms with van der Waals surface area (Å²) in [6.45, 7) is -2.84. The van der Waals surface area contributed by atoms with Gasteiger partial charge in [0.25, 0.3) is 0 Å². The molecule has 10 N–H and O–H groups in total. The van der Waals surface area contributed by atoms with Crippen molar-refractivity contribution in [1.82, 2.24) is 16.0 Å². The van der Waals surface area contributed by atoms with Crippen LogP contribution in [0.4, 0.5) is 0 Å². The van der Waals surface area contributed by atoms with E-state index in [-0.39, 0.29) is 0 Å². The molecule has 0 spiro atoms. The highest BCUT2D eigenvalue weighted by Gasteiger charge is 2.29. The summed E-state index contributed by atoms with van der Waals surface area (Å²) < 4.78 is 0. The Labute approximate surface area is 152 Å². The molecule has 0 aliphatic rings. The minimum Gasteiger partial charge on any atom is -0.481 e. The first-order chi connectivity index (χ1) is 12.6. The predicted molar refractivity (Wildman–Crippen MR) is 84.9 cm³/mol. The van der Waals surface area contributed by atoms with Gasteiger partial charge in [0, 0.05) is 0 Å². The van der Waals surface area contributed by atoms with Crippen molar-refractivity contribution in [2.75, 3.05) is 19.8 Å². The van der Waals surface area contributed by atoms with Crippen LogP contribution >= 0.6 is 0 Å². The lowest BCUT2D eigenvalue weighted by atomic mass is 10.1. The smallest absolute Gasteiger partial charge is 0.328 e. The summed E-state index contributed by atoms with van der Waals surface area (Å²) in [5.74, 6) is -6.24. The van der Waals surface area contributed by atoms with Gasteiger partial charge in [0.1, 0.15) is 18.1 Å². The van der Waals surface area contributed by atoms with Crippen molar-refractivity contribution in [3.05, 3.63) is 0 Å². The maximum atomic E-state index is 12.0. The number of carbonyl (C=O) groups is 5. The zero-order chi connectivity index (χ0) is 21.1. The number of hydrogen-bond acceptors (Lipinski definition) is 9. The summed E-state index contributed by atoms with van der Waals surface area (Å²) in [4.78, 5) is 56.8. The highest BCUT2D eigenvalue weighted by molar-refractivity contribution is 5.94. The Balaban J connectivity index is 4.91. The first kappa shape index (κ1) is 24.2. The average molecular weight is 394 g/mol. The fraction of sp³-hybridized carbons (Fsp3) is 0.615. The van der Waals surface area contributed by atoms with E-state index in [1.54, 1.807) is 0 Å². The fourth-order valence-electron chi connectivity index (χ4n) is 1.68. The molecule has 154 valence electrons. The van der Waals surface area contributed by atoms with Gasteiger partial charge in [-0.1, -0.05) is 0 Å². The quantitative estimate of drug-likeness (QED) is 0.151. The second kappa shape index (κ2) is 11.7. The Morgan fingerprint density at radius 2 is 1.07 bits per heavy atom. The van der Waals surface area contributed by atoms with Crippen LogP contribution in [0.15, 0.2) is 0 Å². The summed E-state index contributed by atoms with van der Waals surface area (Å²) >= 11 is 0. The van der Waals surface area contributed by atoms with Crippen LogP contribution in [0.2, 0.25) is 0 Å². The Morgan fingerprint density at radius 1 is 0.704 bits per heavy atom. The van der Waals surface area contributed by atoms with Gasteiger partial charge in [0.05, 0.1) is 32.3 Å². The topological polar surface area (TPSA) is 249 Å². The van der Waals surface area contributed by atoms with E-state index < -0.39 is 80.1 Å². The molecule has 0 rings (SSSR count). The molecule has 27 heavy (non-hydrogen) atoms. The van der Waals surface area contributed by atoms with E-state index in [1.165, 1.54) is 0 Å². The van der Waals surface area contributed by atoms with Crippen molar-refractivity contribution >= 4 is 29.7 Å². The zero-order valence-electron chi connectivity index (χ0n) is 14.0. The summed E-state index contributed by atoms with van der Waals surface area (Å²) in [6, 6.07) is -6.44. The van der Waals surface area contributed by atoms with E-state index in [9.17, 15) is 34.2 Å². The second-order valence-electron chi connectivity index (χ2n) is 5.27. The van der Waals surface area contributed by atoms with Gasteiger partial charge >= 0.3 is 11.9 Å². The van der Waals surface area contributed by atoms with Gasteiger partial charge in [-0.2, -0.15) is 0 Å². The number of nitrogens with two attached hydrogens (primary N) is 1. The van der Waals surface area contributed by atoms with Crippen LogP contribution in [0.3, 0.4) is 0 Å². The Kier molecular flexibility index (Phi) is 10.5. The minimum atomic E-state index is -1.68. The van der Waals surface area contributed by atoms with Gasteiger partial charge in [-0.25, -0.2) is 4.79 Å². The van der Waals surface area contributed by atoms with Crippen LogP contribution in [0.25, 0.3) is 0 Å². The highest BCUT2D eigenvalue weighted by atomic mass is 16.4. The first-order valence-corrected chi connectivity index (χ1v) is 7.51. The van der Waals surface area contributed by atoms with E-state index in [0.717, 1.165) is 0 Å². The summed E-state index contributed by atoms with van der Waals surface area (Å²) in [5, 5.41) is 50.3. The van der Waals surface area contributed by atoms with Crippen molar-refractivity contribution in [2.24, 2.45) is 5.73 Å². The van der Waals surface area contributed by atoms with Crippen LogP contribution < -0.4 is 21.7 Å². The standard InChI is InChI=1S/C13H22N4O10/c14-5(1-9(21)22)10(23)15-6(2-18)11(24)16-7(3-19)12(25)17-8(4-20)13(26)27/h5-8,18-20H,1-4,14H2,(H,15,23)(H,16,24)(H,17,25)(H,21,22)(H,26,27). The van der Waals surface area contributed by atoms with Crippen molar-refractivity contribution in [3.63, 3.8) is 0 Å². The van der Waals surface area contributed by atoms with E-state index in [0.29, 0.717) is 0 Å². The van der Waals surface area contributed by atoms with Crippen molar-refractivity contribution in [2.45, 2.75) is 30.6 Å². The Morgan fingerprint density at radius 3 is 1.41 bits per heavy atom. The normalized spacial score (nSPS) is 15.0. The Bertz CT molecular complexity index is 569. The second-order valence-corrected chi connectivity index (χ2v) is 5.27. The zero-order valence-corrected chi connectivity index (χ0v) is 14.0. The molecule has 3 amide bonds. The molecule has 0 aromatic heterocycles. The molecule has 4 unspecified atom stereocenters. The van der Waals surface area contributed by atoms with E-state index in [4.69, 9.17) is 21.1 Å². The molecule has 14 heteroatoms. The maximum Gasteiger partial charge on any atom is 0.328 e. The van der Waals surface area contributed by atoms with Crippen molar-refractivity contribution < 1.29 is 49.5 Å².